The Morgan fingerprint density at radius 3 is 2.63 bits per heavy atom. The van der Waals surface area contributed by atoms with Crippen LogP contribution < -0.4 is 0 Å². The van der Waals surface area contributed by atoms with E-state index in [4.69, 9.17) is 0 Å². The number of benzene rings is 1. The summed E-state index contributed by atoms with van der Waals surface area (Å²) in [6.45, 7) is 0. The molecule has 0 atom stereocenters. The summed E-state index contributed by atoms with van der Waals surface area (Å²) in [6.07, 6.45) is 4.27. The molecule has 0 unspecified atom stereocenters. The van der Waals surface area contributed by atoms with Gasteiger partial charge in [0.2, 0.25) is 0 Å². The third-order valence-corrected chi connectivity index (χ3v) is 2.26. The van der Waals surface area contributed by atoms with Crippen LogP contribution in [0.1, 0.15) is 16.1 Å². The molecular weight excluding hydrogens is 249 g/mol. The summed E-state index contributed by atoms with van der Waals surface area (Å²) in [4.78, 5) is 23.3. The first-order chi connectivity index (χ1) is 9.20. The van der Waals surface area contributed by atoms with E-state index in [1.165, 1.54) is 37.9 Å². The van der Waals surface area contributed by atoms with Crippen LogP contribution >= 0.6 is 0 Å². The molecule has 0 radical (unpaired) electrons. The zero-order chi connectivity index (χ0) is 13.7. The van der Waals surface area contributed by atoms with Gasteiger partial charge in [0.15, 0.2) is 11.5 Å². The summed E-state index contributed by atoms with van der Waals surface area (Å²) >= 11 is 0. The topological polar surface area (TPSA) is 64.4 Å². The maximum atomic E-state index is 12.7. The number of hydrogen-bond donors (Lipinski definition) is 0. The number of ether oxygens (including phenoxy) is 1. The third kappa shape index (κ3) is 3.19. The summed E-state index contributed by atoms with van der Waals surface area (Å²) in [5.74, 6) is -0.787. The predicted molar refractivity (Wildman–Crippen MR) is 67.0 cm³/mol. The van der Waals surface area contributed by atoms with E-state index in [1.54, 1.807) is 12.1 Å². The first-order valence-electron chi connectivity index (χ1n) is 5.39. The molecule has 0 bridgehead atoms. The van der Waals surface area contributed by atoms with Crippen molar-refractivity contribution >= 4 is 18.0 Å². The number of rotatable bonds is 3. The third-order valence-electron chi connectivity index (χ3n) is 2.26. The van der Waals surface area contributed by atoms with E-state index in [0.29, 0.717) is 5.56 Å². The summed E-state index contributed by atoms with van der Waals surface area (Å²) < 4.78 is 17.3. The molecule has 0 saturated heterocycles. The van der Waals surface area contributed by atoms with Gasteiger partial charge in [0.1, 0.15) is 5.82 Å². The second kappa shape index (κ2) is 5.81. The minimum Gasteiger partial charge on any atom is -0.464 e. The smallest absolute Gasteiger partial charge is 0.360 e. The molecule has 5 nitrogen and oxygen atoms in total. The molecule has 0 aliphatic rings. The average molecular weight is 259 g/mol. The highest BCUT2D eigenvalue weighted by molar-refractivity contribution is 5.93. The highest BCUT2D eigenvalue weighted by Crippen LogP contribution is 2.13. The minimum atomic E-state index is -0.612. The normalized spacial score (nSPS) is 10.6. The molecule has 0 spiro atoms. The Balaban J connectivity index is 2.28. The van der Waals surface area contributed by atoms with Crippen LogP contribution in [-0.4, -0.2) is 29.3 Å². The van der Waals surface area contributed by atoms with Crippen molar-refractivity contribution in [3.8, 4) is 0 Å². The fourth-order valence-corrected chi connectivity index (χ4v) is 1.35. The first kappa shape index (κ1) is 12.8. The predicted octanol–water partition coefficient (Wildman–Crippen LogP) is 2.15. The standard InChI is InChI=1S/C13H10FN3O2/c1-19-13(18)11-12(16-7-6-15-11)17-8-9-2-4-10(14)5-3-9/h2-8H,1H3. The fourth-order valence-electron chi connectivity index (χ4n) is 1.35. The molecule has 96 valence electrons. The van der Waals surface area contributed by atoms with Crippen LogP contribution in [0.2, 0.25) is 0 Å². The molecule has 2 rings (SSSR count). The fraction of sp³-hybridized carbons (Fsp3) is 0.0769. The van der Waals surface area contributed by atoms with Crippen molar-refractivity contribution in [3.05, 3.63) is 53.7 Å². The van der Waals surface area contributed by atoms with Gasteiger partial charge in [-0.1, -0.05) is 12.1 Å². The van der Waals surface area contributed by atoms with E-state index in [9.17, 15) is 9.18 Å². The minimum absolute atomic E-state index is 0.0309. The molecule has 6 heteroatoms. The molecule has 1 heterocycles. The summed E-state index contributed by atoms with van der Waals surface area (Å²) in [5.41, 5.74) is 0.714. The van der Waals surface area contributed by atoms with E-state index in [2.05, 4.69) is 19.7 Å². The van der Waals surface area contributed by atoms with Crippen LogP contribution in [0.25, 0.3) is 0 Å². The maximum absolute atomic E-state index is 12.7. The first-order valence-corrected chi connectivity index (χ1v) is 5.39. The van der Waals surface area contributed by atoms with Crippen LogP contribution in [0.15, 0.2) is 41.7 Å². The molecule has 0 N–H and O–H groups in total. The summed E-state index contributed by atoms with van der Waals surface area (Å²) in [7, 11) is 1.25. The van der Waals surface area contributed by atoms with Gasteiger partial charge in [0.05, 0.1) is 7.11 Å². The van der Waals surface area contributed by atoms with Crippen molar-refractivity contribution in [1.29, 1.82) is 0 Å². The van der Waals surface area contributed by atoms with E-state index in [-0.39, 0.29) is 17.3 Å². The number of carbonyl (C=O) groups is 1. The zero-order valence-corrected chi connectivity index (χ0v) is 10.1. The molecule has 19 heavy (non-hydrogen) atoms. The number of aliphatic imine (C=N–C) groups is 1. The van der Waals surface area contributed by atoms with Gasteiger partial charge in [0, 0.05) is 18.6 Å². The molecule has 0 amide bonds. The van der Waals surface area contributed by atoms with Crippen LogP contribution in [0.3, 0.4) is 0 Å². The monoisotopic (exact) mass is 259 g/mol. The number of carbonyl (C=O) groups excluding carboxylic acids is 1. The quantitative estimate of drug-likeness (QED) is 0.625. The average Bonchev–Trinajstić information content (AvgIpc) is 2.46. The molecular formula is C13H10FN3O2. The van der Waals surface area contributed by atoms with Gasteiger partial charge in [-0.05, 0) is 17.7 Å². The van der Waals surface area contributed by atoms with Gasteiger partial charge in [-0.3, -0.25) is 0 Å². The van der Waals surface area contributed by atoms with Crippen molar-refractivity contribution in [3.63, 3.8) is 0 Å². The Morgan fingerprint density at radius 1 is 1.26 bits per heavy atom. The summed E-state index contributed by atoms with van der Waals surface area (Å²) in [5, 5.41) is 0. The van der Waals surface area contributed by atoms with E-state index in [0.717, 1.165) is 0 Å². The Bertz CT molecular complexity index is 612. The number of aromatic nitrogens is 2. The van der Waals surface area contributed by atoms with Crippen LogP contribution in [0, 0.1) is 5.82 Å². The van der Waals surface area contributed by atoms with E-state index >= 15 is 0 Å². The second-order valence-electron chi connectivity index (χ2n) is 3.53. The van der Waals surface area contributed by atoms with Gasteiger partial charge in [-0.2, -0.15) is 0 Å². The Hall–Kier alpha value is -2.63. The van der Waals surface area contributed by atoms with Crippen molar-refractivity contribution in [1.82, 2.24) is 9.97 Å². The highest BCUT2D eigenvalue weighted by Gasteiger charge is 2.13. The molecule has 1 aromatic heterocycles. The lowest BCUT2D eigenvalue weighted by Gasteiger charge is -2.00. The molecule has 0 aliphatic carbocycles. The van der Waals surface area contributed by atoms with Crippen LogP contribution in [0.5, 0.6) is 0 Å². The zero-order valence-electron chi connectivity index (χ0n) is 10.1. The highest BCUT2D eigenvalue weighted by atomic mass is 19.1. The van der Waals surface area contributed by atoms with Crippen molar-refractivity contribution < 1.29 is 13.9 Å². The number of nitrogens with zero attached hydrogens (tertiary/aromatic N) is 3. The van der Waals surface area contributed by atoms with E-state index in [1.807, 2.05) is 0 Å². The van der Waals surface area contributed by atoms with E-state index < -0.39 is 5.97 Å². The van der Waals surface area contributed by atoms with Gasteiger partial charge in [-0.25, -0.2) is 24.1 Å². The molecule has 0 fully saturated rings. The maximum Gasteiger partial charge on any atom is 0.360 e. The number of halogens is 1. The van der Waals surface area contributed by atoms with Crippen molar-refractivity contribution in [2.24, 2.45) is 4.99 Å². The van der Waals surface area contributed by atoms with Gasteiger partial charge in [0.25, 0.3) is 0 Å². The summed E-state index contributed by atoms with van der Waals surface area (Å²) in [6, 6.07) is 5.76. The second-order valence-corrected chi connectivity index (χ2v) is 3.53. The molecule has 0 saturated carbocycles. The van der Waals surface area contributed by atoms with Gasteiger partial charge in [-0.15, -0.1) is 0 Å². The molecule has 1 aromatic carbocycles. The Labute approximate surface area is 108 Å². The molecule has 0 aliphatic heterocycles. The lowest BCUT2D eigenvalue weighted by Crippen LogP contribution is -2.05. The van der Waals surface area contributed by atoms with Gasteiger partial charge >= 0.3 is 5.97 Å². The lowest BCUT2D eigenvalue weighted by molar-refractivity contribution is 0.0594. The van der Waals surface area contributed by atoms with Crippen LogP contribution in [-0.2, 0) is 4.74 Å². The molecule has 2 aromatic rings. The van der Waals surface area contributed by atoms with Crippen molar-refractivity contribution in [2.45, 2.75) is 0 Å². The number of methoxy groups -OCH3 is 1. The number of esters is 1. The number of hydrogen-bond acceptors (Lipinski definition) is 5. The SMILES string of the molecule is COC(=O)c1nccnc1N=Cc1ccc(F)cc1. The largest absolute Gasteiger partial charge is 0.464 e. The Kier molecular flexibility index (Phi) is 3.92. The van der Waals surface area contributed by atoms with Crippen LogP contribution in [0.4, 0.5) is 10.2 Å². The lowest BCUT2D eigenvalue weighted by atomic mass is 10.2. The Morgan fingerprint density at radius 2 is 1.95 bits per heavy atom. The van der Waals surface area contributed by atoms with Crippen molar-refractivity contribution in [2.75, 3.05) is 7.11 Å². The van der Waals surface area contributed by atoms with Gasteiger partial charge < -0.3 is 4.74 Å².